The predicted molar refractivity (Wildman–Crippen MR) is 60.1 cm³/mol. The number of nitrogen functional groups attached to an aromatic ring is 1. The molecule has 0 aliphatic heterocycles. The predicted octanol–water partition coefficient (Wildman–Crippen LogP) is 1.16. The molecule has 0 bridgehead atoms. The highest BCUT2D eigenvalue weighted by molar-refractivity contribution is 9.10. The molecule has 15 heavy (non-hydrogen) atoms. The molecule has 78 valence electrons. The molecule has 7 heteroatoms. The number of hydrogen-bond donors (Lipinski definition) is 3. The van der Waals surface area contributed by atoms with Gasteiger partial charge in [-0.15, -0.1) is 0 Å². The Morgan fingerprint density at radius 2 is 2.33 bits per heavy atom. The first-order chi connectivity index (χ1) is 7.25. The molecule has 4 N–H and O–H groups in total. The fraction of sp³-hybridized carbons (Fsp3) is 0.125. The Bertz CT molecular complexity index is 440. The van der Waals surface area contributed by atoms with Crippen molar-refractivity contribution in [1.82, 2.24) is 20.2 Å². The second-order valence-corrected chi connectivity index (χ2v) is 3.74. The quantitative estimate of drug-likeness (QED) is 0.777. The maximum absolute atomic E-state index is 5.57. The SMILES string of the molecule is Nc1cnc(NCc2ncn[nH]2)c(Br)c1. The third kappa shape index (κ3) is 2.44. The van der Waals surface area contributed by atoms with Crippen LogP contribution in [0, 0.1) is 0 Å². The van der Waals surface area contributed by atoms with Gasteiger partial charge in [0.25, 0.3) is 0 Å². The van der Waals surface area contributed by atoms with E-state index in [0.717, 1.165) is 16.1 Å². The molecule has 0 unspecified atom stereocenters. The third-order valence-electron chi connectivity index (χ3n) is 1.75. The molecule has 0 aromatic carbocycles. The second-order valence-electron chi connectivity index (χ2n) is 2.88. The lowest BCUT2D eigenvalue weighted by Gasteiger charge is -2.05. The summed E-state index contributed by atoms with van der Waals surface area (Å²) in [5.74, 6) is 1.47. The van der Waals surface area contributed by atoms with Crippen LogP contribution in [-0.2, 0) is 6.54 Å². The van der Waals surface area contributed by atoms with Crippen molar-refractivity contribution < 1.29 is 0 Å². The molecule has 0 aliphatic rings. The van der Waals surface area contributed by atoms with Crippen LogP contribution in [0.25, 0.3) is 0 Å². The lowest BCUT2D eigenvalue weighted by molar-refractivity contribution is 0.946. The average molecular weight is 269 g/mol. The number of hydrogen-bond acceptors (Lipinski definition) is 5. The number of H-pyrrole nitrogens is 1. The van der Waals surface area contributed by atoms with Crippen LogP contribution in [0.1, 0.15) is 5.82 Å². The summed E-state index contributed by atoms with van der Waals surface area (Å²) in [7, 11) is 0. The summed E-state index contributed by atoms with van der Waals surface area (Å²) in [6.07, 6.45) is 3.05. The van der Waals surface area contributed by atoms with E-state index in [-0.39, 0.29) is 0 Å². The van der Waals surface area contributed by atoms with Gasteiger partial charge < -0.3 is 11.1 Å². The molecule has 2 heterocycles. The van der Waals surface area contributed by atoms with Crippen molar-refractivity contribution in [2.75, 3.05) is 11.1 Å². The first kappa shape index (κ1) is 9.91. The molecule has 0 atom stereocenters. The smallest absolute Gasteiger partial charge is 0.143 e. The van der Waals surface area contributed by atoms with Crippen LogP contribution in [0.4, 0.5) is 11.5 Å². The maximum atomic E-state index is 5.57. The minimum absolute atomic E-state index is 0.537. The number of anilines is 2. The van der Waals surface area contributed by atoms with Crippen LogP contribution in [0.5, 0.6) is 0 Å². The van der Waals surface area contributed by atoms with E-state index in [1.54, 1.807) is 12.3 Å². The van der Waals surface area contributed by atoms with Crippen LogP contribution in [0.15, 0.2) is 23.1 Å². The average Bonchev–Trinajstić information content (AvgIpc) is 2.69. The monoisotopic (exact) mass is 268 g/mol. The minimum Gasteiger partial charge on any atom is -0.397 e. The Morgan fingerprint density at radius 1 is 1.47 bits per heavy atom. The van der Waals surface area contributed by atoms with Gasteiger partial charge >= 0.3 is 0 Å². The summed E-state index contributed by atoms with van der Waals surface area (Å²) >= 11 is 3.36. The molecule has 2 aromatic heterocycles. The van der Waals surface area contributed by atoms with Gasteiger partial charge in [-0.05, 0) is 22.0 Å². The number of nitrogens with zero attached hydrogens (tertiary/aromatic N) is 3. The zero-order valence-corrected chi connectivity index (χ0v) is 9.32. The van der Waals surface area contributed by atoms with Gasteiger partial charge in [0.05, 0.1) is 22.9 Å². The van der Waals surface area contributed by atoms with Crippen molar-refractivity contribution in [2.45, 2.75) is 6.54 Å². The number of halogens is 1. The first-order valence-corrected chi connectivity index (χ1v) is 5.04. The Hall–Kier alpha value is -1.63. The van der Waals surface area contributed by atoms with Gasteiger partial charge in [-0.25, -0.2) is 9.97 Å². The highest BCUT2D eigenvalue weighted by Crippen LogP contribution is 2.21. The van der Waals surface area contributed by atoms with Crippen molar-refractivity contribution in [2.24, 2.45) is 0 Å². The molecule has 2 aromatic rings. The second kappa shape index (κ2) is 4.26. The van der Waals surface area contributed by atoms with Crippen molar-refractivity contribution in [3.8, 4) is 0 Å². The van der Waals surface area contributed by atoms with Crippen LogP contribution in [0.2, 0.25) is 0 Å². The number of rotatable bonds is 3. The summed E-state index contributed by atoms with van der Waals surface area (Å²) < 4.78 is 0.821. The molecule has 0 aliphatic carbocycles. The van der Waals surface area contributed by atoms with Crippen molar-refractivity contribution in [3.63, 3.8) is 0 Å². The van der Waals surface area contributed by atoms with Crippen molar-refractivity contribution in [1.29, 1.82) is 0 Å². The van der Waals surface area contributed by atoms with Gasteiger partial charge in [-0.3, -0.25) is 5.10 Å². The van der Waals surface area contributed by atoms with E-state index < -0.39 is 0 Å². The fourth-order valence-corrected chi connectivity index (χ4v) is 1.57. The van der Waals surface area contributed by atoms with E-state index in [1.165, 1.54) is 6.33 Å². The number of aromatic nitrogens is 4. The zero-order valence-electron chi connectivity index (χ0n) is 7.74. The van der Waals surface area contributed by atoms with Crippen LogP contribution < -0.4 is 11.1 Å². The van der Waals surface area contributed by atoms with E-state index in [1.807, 2.05) is 0 Å². The molecule has 0 fully saturated rings. The van der Waals surface area contributed by atoms with E-state index in [9.17, 15) is 0 Å². The standard InChI is InChI=1S/C8H9BrN6/c9-6-1-5(10)2-11-8(6)12-3-7-13-4-14-15-7/h1-2,4H,3,10H2,(H,11,12)(H,13,14,15). The van der Waals surface area contributed by atoms with Crippen LogP contribution in [0.3, 0.4) is 0 Å². The van der Waals surface area contributed by atoms with Gasteiger partial charge in [-0.2, -0.15) is 5.10 Å². The van der Waals surface area contributed by atoms with Gasteiger partial charge in [0.1, 0.15) is 18.0 Å². The summed E-state index contributed by atoms with van der Waals surface area (Å²) in [5.41, 5.74) is 6.19. The Kier molecular flexibility index (Phi) is 2.82. The number of nitrogens with two attached hydrogens (primary N) is 1. The summed E-state index contributed by atoms with van der Waals surface area (Å²) in [6, 6.07) is 1.79. The highest BCUT2D eigenvalue weighted by Gasteiger charge is 2.02. The molecule has 0 radical (unpaired) electrons. The minimum atomic E-state index is 0.537. The van der Waals surface area contributed by atoms with Crippen molar-refractivity contribution in [3.05, 3.63) is 28.9 Å². The number of nitrogens with one attached hydrogen (secondary N) is 2. The largest absolute Gasteiger partial charge is 0.397 e. The molecular formula is C8H9BrN6. The van der Waals surface area contributed by atoms with Crippen molar-refractivity contribution >= 4 is 27.4 Å². The lowest BCUT2D eigenvalue weighted by atomic mass is 10.4. The molecular weight excluding hydrogens is 260 g/mol. The van der Waals surface area contributed by atoms with E-state index in [0.29, 0.717) is 12.2 Å². The molecule has 0 saturated carbocycles. The summed E-state index contributed by atoms with van der Waals surface area (Å²) in [5, 5.41) is 9.58. The Balaban J connectivity index is 2.05. The van der Waals surface area contributed by atoms with E-state index in [4.69, 9.17) is 5.73 Å². The first-order valence-electron chi connectivity index (χ1n) is 4.25. The topological polar surface area (TPSA) is 92.5 Å². The fourth-order valence-electron chi connectivity index (χ4n) is 1.07. The Labute approximate surface area is 94.4 Å². The van der Waals surface area contributed by atoms with Crippen LogP contribution >= 0.6 is 15.9 Å². The number of pyridine rings is 1. The van der Waals surface area contributed by atoms with Gasteiger partial charge in [0, 0.05) is 0 Å². The highest BCUT2D eigenvalue weighted by atomic mass is 79.9. The summed E-state index contributed by atoms with van der Waals surface area (Å²) in [6.45, 7) is 0.537. The van der Waals surface area contributed by atoms with Crippen LogP contribution in [-0.4, -0.2) is 20.2 Å². The normalized spacial score (nSPS) is 10.2. The molecule has 2 rings (SSSR count). The lowest BCUT2D eigenvalue weighted by Crippen LogP contribution is -2.04. The van der Waals surface area contributed by atoms with E-state index in [2.05, 4.69) is 41.4 Å². The zero-order chi connectivity index (χ0) is 10.7. The van der Waals surface area contributed by atoms with Gasteiger partial charge in [-0.1, -0.05) is 0 Å². The van der Waals surface area contributed by atoms with Gasteiger partial charge in [0.2, 0.25) is 0 Å². The molecule has 0 saturated heterocycles. The Morgan fingerprint density at radius 3 is 3.00 bits per heavy atom. The van der Waals surface area contributed by atoms with Gasteiger partial charge in [0.15, 0.2) is 0 Å². The maximum Gasteiger partial charge on any atom is 0.143 e. The third-order valence-corrected chi connectivity index (χ3v) is 2.36. The molecule has 0 spiro atoms. The summed E-state index contributed by atoms with van der Waals surface area (Å²) in [4.78, 5) is 8.11. The molecule has 0 amide bonds. The van der Waals surface area contributed by atoms with E-state index >= 15 is 0 Å². The molecule has 6 nitrogen and oxygen atoms in total. The number of aromatic amines is 1.